The molecule has 2 heterocycles. The van der Waals surface area contributed by atoms with Crippen LogP contribution in [0.1, 0.15) is 70.4 Å². The van der Waals surface area contributed by atoms with E-state index in [1.165, 1.54) is 56.6 Å². The molecule has 1 aliphatic heterocycles. The molecule has 124 valence electrons. The van der Waals surface area contributed by atoms with Crippen molar-refractivity contribution in [3.63, 3.8) is 0 Å². The second-order valence-corrected chi connectivity index (χ2v) is 7.52. The number of fused-ring (bicyclic) bond motifs is 1. The Balaban J connectivity index is 1.41. The molecule has 1 aromatic rings. The summed E-state index contributed by atoms with van der Waals surface area (Å²) in [7, 11) is 0. The summed E-state index contributed by atoms with van der Waals surface area (Å²) in [5.74, 6) is 4.21. The molecule has 0 aromatic carbocycles. The monoisotopic (exact) mass is 304 g/mol. The van der Waals surface area contributed by atoms with Crippen molar-refractivity contribution in [3.05, 3.63) is 11.6 Å². The van der Waals surface area contributed by atoms with E-state index in [2.05, 4.69) is 33.9 Å². The van der Waals surface area contributed by atoms with Crippen molar-refractivity contribution in [2.24, 2.45) is 11.8 Å². The van der Waals surface area contributed by atoms with E-state index in [4.69, 9.17) is 0 Å². The maximum atomic E-state index is 4.43. The van der Waals surface area contributed by atoms with E-state index >= 15 is 0 Å². The molecular formula is C18H32N4. The smallest absolute Gasteiger partial charge is 0.133 e. The molecule has 0 unspecified atom stereocenters. The summed E-state index contributed by atoms with van der Waals surface area (Å²) in [5, 5.41) is 12.6. The first kappa shape index (κ1) is 16.0. The third kappa shape index (κ3) is 3.89. The Kier molecular flexibility index (Phi) is 5.51. The van der Waals surface area contributed by atoms with Crippen LogP contribution in [0.3, 0.4) is 0 Å². The molecule has 1 aromatic heterocycles. The second-order valence-electron chi connectivity index (χ2n) is 7.52. The van der Waals surface area contributed by atoms with Crippen LogP contribution >= 0.6 is 0 Å². The van der Waals surface area contributed by atoms with E-state index in [1.54, 1.807) is 0 Å². The molecular weight excluding hydrogens is 272 g/mol. The number of aromatic nitrogens is 3. The highest BCUT2D eigenvalue weighted by Crippen LogP contribution is 2.29. The van der Waals surface area contributed by atoms with Crippen molar-refractivity contribution >= 4 is 0 Å². The van der Waals surface area contributed by atoms with E-state index < -0.39 is 0 Å². The Labute approximate surface area is 135 Å². The fourth-order valence-electron chi connectivity index (χ4n) is 4.02. The van der Waals surface area contributed by atoms with Crippen molar-refractivity contribution in [1.82, 2.24) is 20.1 Å². The van der Waals surface area contributed by atoms with Crippen LogP contribution in [0, 0.1) is 11.8 Å². The van der Waals surface area contributed by atoms with Crippen molar-refractivity contribution in [2.45, 2.75) is 84.2 Å². The zero-order chi connectivity index (χ0) is 15.4. The molecule has 22 heavy (non-hydrogen) atoms. The minimum Gasteiger partial charge on any atom is -0.315 e. The third-order valence-electron chi connectivity index (χ3n) is 5.79. The number of nitrogens with zero attached hydrogens (tertiary/aromatic N) is 3. The summed E-state index contributed by atoms with van der Waals surface area (Å²) in [5.41, 5.74) is 0. The van der Waals surface area contributed by atoms with Gasteiger partial charge in [-0.2, -0.15) is 0 Å². The summed E-state index contributed by atoms with van der Waals surface area (Å²) in [6, 6.07) is 0.738. The first-order valence-corrected chi connectivity index (χ1v) is 9.38. The Morgan fingerprint density at radius 3 is 2.86 bits per heavy atom. The zero-order valence-corrected chi connectivity index (χ0v) is 14.4. The number of hydrogen-bond donors (Lipinski definition) is 1. The molecule has 1 saturated carbocycles. The van der Waals surface area contributed by atoms with Gasteiger partial charge in [-0.15, -0.1) is 10.2 Å². The molecule has 4 heteroatoms. The normalized spacial score (nSPS) is 29.1. The highest BCUT2D eigenvalue weighted by molar-refractivity contribution is 4.98. The van der Waals surface area contributed by atoms with Gasteiger partial charge in [-0.25, -0.2) is 0 Å². The fourth-order valence-corrected chi connectivity index (χ4v) is 4.02. The first-order chi connectivity index (χ1) is 10.7. The van der Waals surface area contributed by atoms with E-state index in [0.717, 1.165) is 43.8 Å². The summed E-state index contributed by atoms with van der Waals surface area (Å²) < 4.78 is 2.39. The van der Waals surface area contributed by atoms with Gasteiger partial charge in [0.1, 0.15) is 11.6 Å². The van der Waals surface area contributed by atoms with Crippen molar-refractivity contribution < 1.29 is 0 Å². The van der Waals surface area contributed by atoms with Gasteiger partial charge >= 0.3 is 0 Å². The number of hydrogen-bond acceptors (Lipinski definition) is 3. The molecule has 0 bridgehead atoms. The van der Waals surface area contributed by atoms with Gasteiger partial charge in [0, 0.05) is 25.4 Å². The Bertz CT molecular complexity index is 468. The SMILES string of the molecule is C[C@@H]1CC[C@@H](NCCCc2nnc3n2CCCCC3)C[C@@H]1C. The predicted molar refractivity (Wildman–Crippen MR) is 89.9 cm³/mol. The van der Waals surface area contributed by atoms with E-state index in [9.17, 15) is 0 Å². The average molecular weight is 304 g/mol. The van der Waals surface area contributed by atoms with Gasteiger partial charge in [-0.1, -0.05) is 20.3 Å². The van der Waals surface area contributed by atoms with Crippen molar-refractivity contribution in [2.75, 3.05) is 6.54 Å². The average Bonchev–Trinajstić information content (AvgIpc) is 2.74. The summed E-state index contributed by atoms with van der Waals surface area (Å²) >= 11 is 0. The van der Waals surface area contributed by atoms with Crippen LogP contribution in [0.5, 0.6) is 0 Å². The Hall–Kier alpha value is -0.900. The van der Waals surface area contributed by atoms with Crippen LogP contribution < -0.4 is 5.32 Å². The minimum atomic E-state index is 0.738. The van der Waals surface area contributed by atoms with Gasteiger partial charge in [0.25, 0.3) is 0 Å². The van der Waals surface area contributed by atoms with Gasteiger partial charge in [-0.05, 0) is 56.9 Å². The number of rotatable bonds is 5. The Morgan fingerprint density at radius 1 is 1.09 bits per heavy atom. The standard InChI is InChI=1S/C18H32N4/c1-14-9-10-16(13-15(14)2)19-11-6-8-18-21-20-17-7-4-3-5-12-22(17)18/h14-16,19H,3-13H2,1-2H3/t14-,15+,16-/m1/s1. The molecule has 0 saturated heterocycles. The first-order valence-electron chi connectivity index (χ1n) is 9.38. The molecule has 0 amide bonds. The van der Waals surface area contributed by atoms with Crippen LogP contribution in [0.2, 0.25) is 0 Å². The third-order valence-corrected chi connectivity index (χ3v) is 5.79. The van der Waals surface area contributed by atoms with Crippen LogP contribution in [-0.2, 0) is 19.4 Å². The lowest BCUT2D eigenvalue weighted by molar-refractivity contribution is 0.226. The molecule has 4 nitrogen and oxygen atoms in total. The minimum absolute atomic E-state index is 0.738. The summed E-state index contributed by atoms with van der Waals surface area (Å²) in [6.45, 7) is 7.05. The summed E-state index contributed by atoms with van der Waals surface area (Å²) in [4.78, 5) is 0. The molecule has 1 aliphatic carbocycles. The summed E-state index contributed by atoms with van der Waals surface area (Å²) in [6.07, 6.45) is 11.3. The molecule has 3 atom stereocenters. The maximum absolute atomic E-state index is 4.43. The van der Waals surface area contributed by atoms with Crippen molar-refractivity contribution in [3.8, 4) is 0 Å². The topological polar surface area (TPSA) is 42.7 Å². The van der Waals surface area contributed by atoms with Crippen LogP contribution in [0.4, 0.5) is 0 Å². The second kappa shape index (κ2) is 7.58. The van der Waals surface area contributed by atoms with Gasteiger partial charge < -0.3 is 9.88 Å². The molecule has 1 fully saturated rings. The number of nitrogens with one attached hydrogen (secondary N) is 1. The van der Waals surface area contributed by atoms with Crippen LogP contribution in [0.25, 0.3) is 0 Å². The fraction of sp³-hybridized carbons (Fsp3) is 0.889. The van der Waals surface area contributed by atoms with E-state index in [-0.39, 0.29) is 0 Å². The van der Waals surface area contributed by atoms with Crippen molar-refractivity contribution in [1.29, 1.82) is 0 Å². The molecule has 0 radical (unpaired) electrons. The van der Waals surface area contributed by atoms with E-state index in [1.807, 2.05) is 0 Å². The Morgan fingerprint density at radius 2 is 2.00 bits per heavy atom. The molecule has 0 spiro atoms. The van der Waals surface area contributed by atoms with Gasteiger partial charge in [0.15, 0.2) is 0 Å². The lowest BCUT2D eigenvalue weighted by atomic mass is 9.79. The highest BCUT2D eigenvalue weighted by atomic mass is 15.3. The van der Waals surface area contributed by atoms with Gasteiger partial charge in [0.05, 0.1) is 0 Å². The van der Waals surface area contributed by atoms with Gasteiger partial charge in [0.2, 0.25) is 0 Å². The van der Waals surface area contributed by atoms with E-state index in [0.29, 0.717) is 0 Å². The lowest BCUT2D eigenvalue weighted by Gasteiger charge is -2.32. The van der Waals surface area contributed by atoms with Crippen LogP contribution in [0.15, 0.2) is 0 Å². The largest absolute Gasteiger partial charge is 0.315 e. The highest BCUT2D eigenvalue weighted by Gasteiger charge is 2.23. The number of aryl methyl sites for hydroxylation is 2. The van der Waals surface area contributed by atoms with Gasteiger partial charge in [-0.3, -0.25) is 0 Å². The zero-order valence-electron chi connectivity index (χ0n) is 14.4. The quantitative estimate of drug-likeness (QED) is 0.848. The molecule has 3 rings (SSSR count). The lowest BCUT2D eigenvalue weighted by Crippen LogP contribution is -2.36. The predicted octanol–water partition coefficient (Wildman–Crippen LogP) is 3.35. The maximum Gasteiger partial charge on any atom is 0.133 e. The molecule has 1 N–H and O–H groups in total. The molecule has 2 aliphatic rings. The van der Waals surface area contributed by atoms with Crippen LogP contribution in [-0.4, -0.2) is 27.4 Å².